The van der Waals surface area contributed by atoms with Crippen molar-refractivity contribution in [1.82, 2.24) is 9.71 Å². The first-order valence-corrected chi connectivity index (χ1v) is 9.66. The SMILES string of the molecule is Cc1ccc(S(=O)(=O)NCC(O)(c2ccccc2)c2ccccn2)cc1. The van der Waals surface area contributed by atoms with E-state index in [1.807, 2.05) is 13.0 Å². The van der Waals surface area contributed by atoms with Gasteiger partial charge >= 0.3 is 0 Å². The van der Waals surface area contributed by atoms with Crippen LogP contribution in [0.1, 0.15) is 16.8 Å². The zero-order valence-electron chi connectivity index (χ0n) is 14.3. The van der Waals surface area contributed by atoms with Gasteiger partial charge in [0.2, 0.25) is 10.0 Å². The van der Waals surface area contributed by atoms with Crippen molar-refractivity contribution in [2.45, 2.75) is 17.4 Å². The van der Waals surface area contributed by atoms with Crippen molar-refractivity contribution in [2.75, 3.05) is 6.54 Å². The molecular formula is C20H20N2O3S. The summed E-state index contributed by atoms with van der Waals surface area (Å²) in [7, 11) is -3.76. The van der Waals surface area contributed by atoms with Gasteiger partial charge in [-0.05, 0) is 36.8 Å². The first-order valence-electron chi connectivity index (χ1n) is 8.17. The van der Waals surface area contributed by atoms with E-state index in [4.69, 9.17) is 0 Å². The number of aryl methyl sites for hydroxylation is 1. The molecule has 0 radical (unpaired) electrons. The molecule has 0 saturated heterocycles. The van der Waals surface area contributed by atoms with Crippen LogP contribution in [0, 0.1) is 6.92 Å². The van der Waals surface area contributed by atoms with Gasteiger partial charge in [-0.25, -0.2) is 13.1 Å². The summed E-state index contributed by atoms with van der Waals surface area (Å²) in [6.07, 6.45) is 1.57. The molecule has 0 aliphatic rings. The normalized spacial score (nSPS) is 13.9. The standard InChI is InChI=1S/C20H20N2O3S/c1-16-10-12-18(13-11-16)26(24,25)22-15-20(23,17-7-3-2-4-8-17)19-9-5-6-14-21-19/h2-14,22-23H,15H2,1H3. The van der Waals surface area contributed by atoms with Crippen molar-refractivity contribution in [3.8, 4) is 0 Å². The van der Waals surface area contributed by atoms with Gasteiger partial charge in [-0.3, -0.25) is 4.98 Å². The van der Waals surface area contributed by atoms with Gasteiger partial charge in [-0.1, -0.05) is 54.1 Å². The molecule has 1 aromatic heterocycles. The molecule has 1 atom stereocenters. The van der Waals surface area contributed by atoms with Crippen LogP contribution in [0.4, 0.5) is 0 Å². The van der Waals surface area contributed by atoms with Crippen LogP contribution in [0.5, 0.6) is 0 Å². The highest BCUT2D eigenvalue weighted by molar-refractivity contribution is 7.89. The van der Waals surface area contributed by atoms with Crippen LogP contribution in [0.3, 0.4) is 0 Å². The molecule has 3 aromatic rings. The molecule has 0 spiro atoms. The van der Waals surface area contributed by atoms with Crippen LogP contribution in [0.25, 0.3) is 0 Å². The van der Waals surface area contributed by atoms with E-state index in [2.05, 4.69) is 9.71 Å². The molecular weight excluding hydrogens is 348 g/mol. The quantitative estimate of drug-likeness (QED) is 0.701. The van der Waals surface area contributed by atoms with Gasteiger partial charge in [-0.2, -0.15) is 0 Å². The molecule has 0 amide bonds. The van der Waals surface area contributed by atoms with E-state index >= 15 is 0 Å². The average Bonchev–Trinajstić information content (AvgIpc) is 2.68. The maximum absolute atomic E-state index is 12.6. The number of nitrogens with zero attached hydrogens (tertiary/aromatic N) is 1. The molecule has 0 aliphatic carbocycles. The second-order valence-corrected chi connectivity index (χ2v) is 7.85. The van der Waals surface area contributed by atoms with Crippen LogP contribution in [0.15, 0.2) is 83.9 Å². The molecule has 2 aromatic carbocycles. The monoisotopic (exact) mass is 368 g/mol. The molecule has 3 rings (SSSR count). The minimum atomic E-state index is -3.76. The summed E-state index contributed by atoms with van der Waals surface area (Å²) in [4.78, 5) is 4.38. The Morgan fingerprint density at radius 1 is 0.962 bits per heavy atom. The van der Waals surface area contributed by atoms with Gasteiger partial charge in [0.1, 0.15) is 5.60 Å². The highest BCUT2D eigenvalue weighted by atomic mass is 32.2. The van der Waals surface area contributed by atoms with E-state index in [0.29, 0.717) is 11.3 Å². The Labute approximate surface area is 153 Å². The van der Waals surface area contributed by atoms with Crippen molar-refractivity contribution in [3.05, 3.63) is 95.8 Å². The zero-order valence-corrected chi connectivity index (χ0v) is 15.1. The van der Waals surface area contributed by atoms with E-state index in [-0.39, 0.29) is 11.4 Å². The lowest BCUT2D eigenvalue weighted by Crippen LogP contribution is -2.42. The summed E-state index contributed by atoms with van der Waals surface area (Å²) in [5.74, 6) is 0. The maximum Gasteiger partial charge on any atom is 0.240 e. The van der Waals surface area contributed by atoms with Crippen molar-refractivity contribution in [3.63, 3.8) is 0 Å². The summed E-state index contributed by atoms with van der Waals surface area (Å²) < 4.78 is 27.7. The van der Waals surface area contributed by atoms with Crippen LogP contribution in [-0.4, -0.2) is 25.1 Å². The lowest BCUT2D eigenvalue weighted by molar-refractivity contribution is 0.0814. The number of hydrogen-bond donors (Lipinski definition) is 2. The first kappa shape index (κ1) is 18.3. The van der Waals surface area contributed by atoms with Gasteiger partial charge < -0.3 is 5.11 Å². The number of nitrogens with one attached hydrogen (secondary N) is 1. The van der Waals surface area contributed by atoms with E-state index < -0.39 is 15.6 Å². The van der Waals surface area contributed by atoms with Gasteiger partial charge in [0, 0.05) is 12.7 Å². The molecule has 0 aliphatic heterocycles. The summed E-state index contributed by atoms with van der Waals surface area (Å²) in [5.41, 5.74) is 0.321. The number of hydrogen-bond acceptors (Lipinski definition) is 4. The van der Waals surface area contributed by atoms with Crippen LogP contribution >= 0.6 is 0 Å². The molecule has 26 heavy (non-hydrogen) atoms. The number of rotatable bonds is 6. The van der Waals surface area contributed by atoms with Crippen molar-refractivity contribution in [1.29, 1.82) is 0 Å². The lowest BCUT2D eigenvalue weighted by atomic mass is 9.90. The van der Waals surface area contributed by atoms with Gasteiger partial charge in [-0.15, -0.1) is 0 Å². The van der Waals surface area contributed by atoms with E-state index in [1.165, 1.54) is 0 Å². The average molecular weight is 368 g/mol. The first-order chi connectivity index (χ1) is 12.4. The third-order valence-corrected chi connectivity index (χ3v) is 5.61. The number of aromatic nitrogens is 1. The largest absolute Gasteiger partial charge is 0.377 e. The smallest absolute Gasteiger partial charge is 0.240 e. The Kier molecular flexibility index (Phi) is 5.18. The predicted octanol–water partition coefficient (Wildman–Crippen LogP) is 2.60. The molecule has 0 fully saturated rings. The highest BCUT2D eigenvalue weighted by Crippen LogP contribution is 2.28. The number of sulfonamides is 1. The summed E-state index contributed by atoms with van der Waals surface area (Å²) >= 11 is 0. The summed E-state index contributed by atoms with van der Waals surface area (Å²) in [6.45, 7) is 1.66. The Morgan fingerprint density at radius 3 is 2.23 bits per heavy atom. The molecule has 1 heterocycles. The molecule has 6 heteroatoms. The molecule has 1 unspecified atom stereocenters. The second kappa shape index (κ2) is 7.37. The lowest BCUT2D eigenvalue weighted by Gasteiger charge is -2.28. The topological polar surface area (TPSA) is 79.3 Å². The van der Waals surface area contributed by atoms with Crippen LogP contribution in [0.2, 0.25) is 0 Å². The van der Waals surface area contributed by atoms with Crippen molar-refractivity contribution >= 4 is 10.0 Å². The Hall–Kier alpha value is -2.54. The number of aliphatic hydroxyl groups is 1. The molecule has 2 N–H and O–H groups in total. The van der Waals surface area contributed by atoms with Crippen molar-refractivity contribution in [2.24, 2.45) is 0 Å². The molecule has 0 bridgehead atoms. The molecule has 134 valence electrons. The second-order valence-electron chi connectivity index (χ2n) is 6.08. The Morgan fingerprint density at radius 2 is 1.62 bits per heavy atom. The molecule has 5 nitrogen and oxygen atoms in total. The maximum atomic E-state index is 12.6. The van der Waals surface area contributed by atoms with E-state index in [9.17, 15) is 13.5 Å². The van der Waals surface area contributed by atoms with Gasteiger partial charge in [0.05, 0.1) is 10.6 Å². The fourth-order valence-corrected chi connectivity index (χ4v) is 3.72. The minimum Gasteiger partial charge on any atom is -0.377 e. The van der Waals surface area contributed by atoms with E-state index in [0.717, 1.165) is 5.56 Å². The fourth-order valence-electron chi connectivity index (χ4n) is 2.66. The number of pyridine rings is 1. The summed E-state index contributed by atoms with van der Waals surface area (Å²) in [5, 5.41) is 11.3. The summed E-state index contributed by atoms with van der Waals surface area (Å²) in [6, 6.07) is 20.6. The van der Waals surface area contributed by atoms with Crippen molar-refractivity contribution < 1.29 is 13.5 Å². The Balaban J connectivity index is 1.93. The molecule has 0 saturated carbocycles. The Bertz CT molecular complexity index is 917. The number of benzene rings is 2. The van der Waals surface area contributed by atoms with Gasteiger partial charge in [0.15, 0.2) is 0 Å². The van der Waals surface area contributed by atoms with Crippen LogP contribution in [-0.2, 0) is 15.6 Å². The van der Waals surface area contributed by atoms with Crippen LogP contribution < -0.4 is 4.72 Å². The highest BCUT2D eigenvalue weighted by Gasteiger charge is 2.34. The zero-order chi connectivity index (χ0) is 18.6. The van der Waals surface area contributed by atoms with Gasteiger partial charge in [0.25, 0.3) is 0 Å². The third-order valence-electron chi connectivity index (χ3n) is 4.19. The minimum absolute atomic E-state index is 0.152. The predicted molar refractivity (Wildman–Crippen MR) is 100 cm³/mol. The fraction of sp³-hybridized carbons (Fsp3) is 0.150. The van der Waals surface area contributed by atoms with E-state index in [1.54, 1.807) is 72.9 Å². The third kappa shape index (κ3) is 3.83.